The van der Waals surface area contributed by atoms with Gasteiger partial charge in [0.15, 0.2) is 0 Å². The van der Waals surface area contributed by atoms with Crippen LogP contribution in [0.1, 0.15) is 33.3 Å². The zero-order chi connectivity index (χ0) is 16.6. The Morgan fingerprint density at radius 3 is 2.78 bits per heavy atom. The van der Waals surface area contributed by atoms with Crippen LogP contribution in [-0.4, -0.2) is 17.4 Å². The van der Waals surface area contributed by atoms with Crippen LogP contribution in [0.3, 0.4) is 0 Å². The van der Waals surface area contributed by atoms with Crippen molar-refractivity contribution >= 4 is 16.8 Å². The van der Waals surface area contributed by atoms with E-state index in [4.69, 9.17) is 0 Å². The summed E-state index contributed by atoms with van der Waals surface area (Å²) in [5, 5.41) is 4.37. The first-order chi connectivity index (χ1) is 10.9. The van der Waals surface area contributed by atoms with Crippen LogP contribution < -0.4 is 5.32 Å². The van der Waals surface area contributed by atoms with E-state index in [2.05, 4.69) is 62.3 Å². The van der Waals surface area contributed by atoms with Gasteiger partial charge in [0, 0.05) is 23.6 Å². The first kappa shape index (κ1) is 15.9. The molecule has 3 rings (SSSR count). The van der Waals surface area contributed by atoms with Crippen molar-refractivity contribution in [1.29, 1.82) is 0 Å². The molecule has 2 N–H and O–H groups in total. The molecule has 2 aromatic rings. The number of fused-ring (bicyclic) bond motifs is 1. The third-order valence-corrected chi connectivity index (χ3v) is 5.07. The Labute approximate surface area is 138 Å². The first-order valence-corrected chi connectivity index (χ1v) is 8.39. The van der Waals surface area contributed by atoms with Crippen LogP contribution in [-0.2, 0) is 11.2 Å². The molecule has 2 atom stereocenters. The second-order valence-corrected chi connectivity index (χ2v) is 7.47. The topological polar surface area (TPSA) is 44.9 Å². The highest BCUT2D eigenvalue weighted by Crippen LogP contribution is 2.59. The Kier molecular flexibility index (Phi) is 4.05. The zero-order valence-corrected chi connectivity index (χ0v) is 14.4. The van der Waals surface area contributed by atoms with Crippen molar-refractivity contribution in [3.05, 3.63) is 47.7 Å². The average Bonchev–Trinajstić information content (AvgIpc) is 2.84. The van der Waals surface area contributed by atoms with Crippen LogP contribution in [0.15, 0.2) is 42.1 Å². The lowest BCUT2D eigenvalue weighted by Gasteiger charge is -2.06. The fourth-order valence-corrected chi connectivity index (χ4v) is 3.62. The number of benzene rings is 1. The van der Waals surface area contributed by atoms with E-state index in [0.29, 0.717) is 12.5 Å². The van der Waals surface area contributed by atoms with Gasteiger partial charge in [0.2, 0.25) is 5.91 Å². The highest BCUT2D eigenvalue weighted by Gasteiger charge is 2.60. The molecule has 122 valence electrons. The predicted molar refractivity (Wildman–Crippen MR) is 95.2 cm³/mol. The van der Waals surface area contributed by atoms with Crippen molar-refractivity contribution in [3.8, 4) is 0 Å². The Balaban J connectivity index is 1.57. The molecule has 3 heteroatoms. The van der Waals surface area contributed by atoms with E-state index >= 15 is 0 Å². The van der Waals surface area contributed by atoms with Crippen molar-refractivity contribution in [2.45, 2.75) is 34.1 Å². The predicted octanol–water partition coefficient (Wildman–Crippen LogP) is 4.07. The molecule has 1 fully saturated rings. The van der Waals surface area contributed by atoms with Crippen LogP contribution in [0.2, 0.25) is 0 Å². The summed E-state index contributed by atoms with van der Waals surface area (Å²) in [7, 11) is 0. The molecular weight excluding hydrogens is 284 g/mol. The number of amides is 1. The molecule has 1 aromatic heterocycles. The number of H-pyrrole nitrogens is 1. The number of allylic oxidation sites excluding steroid dienone is 2. The molecule has 1 aliphatic rings. The summed E-state index contributed by atoms with van der Waals surface area (Å²) in [6.07, 6.45) is 5.14. The normalized spacial score (nSPS) is 21.9. The summed E-state index contributed by atoms with van der Waals surface area (Å²) in [4.78, 5) is 15.7. The molecule has 0 bridgehead atoms. The standard InChI is InChI=1S/C20H26N2O/c1-13(2)11-16-18(20(16,3)4)19(23)21-10-9-14-12-22-17-8-6-5-7-15(14)17/h5-8,11-12,16,18,22H,9-10H2,1-4H3,(H,21,23)/t16-,18+/m1/s1. The van der Waals surface area contributed by atoms with Gasteiger partial charge in [-0.3, -0.25) is 4.79 Å². The SMILES string of the molecule is CC(C)=C[C@@H]1[C@@H](C(=O)NCCc2c[nH]c3ccccc23)C1(C)C. The van der Waals surface area contributed by atoms with Gasteiger partial charge >= 0.3 is 0 Å². The molecule has 0 saturated heterocycles. The maximum atomic E-state index is 12.5. The van der Waals surface area contributed by atoms with Crippen molar-refractivity contribution in [2.24, 2.45) is 17.3 Å². The number of nitrogens with one attached hydrogen (secondary N) is 2. The number of rotatable bonds is 5. The number of carbonyl (C=O) groups excluding carboxylic acids is 1. The summed E-state index contributed by atoms with van der Waals surface area (Å²) < 4.78 is 0. The van der Waals surface area contributed by atoms with Crippen LogP contribution >= 0.6 is 0 Å². The number of para-hydroxylation sites is 1. The largest absolute Gasteiger partial charge is 0.361 e. The molecule has 23 heavy (non-hydrogen) atoms. The molecule has 1 amide bonds. The van der Waals surface area contributed by atoms with E-state index in [-0.39, 0.29) is 17.2 Å². The molecule has 1 saturated carbocycles. The van der Waals surface area contributed by atoms with Gasteiger partial charge in [-0.2, -0.15) is 0 Å². The minimum Gasteiger partial charge on any atom is -0.361 e. The van der Waals surface area contributed by atoms with Gasteiger partial charge in [-0.05, 0) is 43.2 Å². The Morgan fingerprint density at radius 1 is 1.30 bits per heavy atom. The molecule has 1 heterocycles. The van der Waals surface area contributed by atoms with Crippen molar-refractivity contribution in [1.82, 2.24) is 10.3 Å². The second kappa shape index (κ2) is 5.88. The fraction of sp³-hybridized carbons (Fsp3) is 0.450. The molecule has 1 aliphatic carbocycles. The lowest BCUT2D eigenvalue weighted by Crippen LogP contribution is -2.28. The van der Waals surface area contributed by atoms with Gasteiger partial charge in [-0.15, -0.1) is 0 Å². The number of aromatic amines is 1. The summed E-state index contributed by atoms with van der Waals surface area (Å²) >= 11 is 0. The van der Waals surface area contributed by atoms with Crippen molar-refractivity contribution in [3.63, 3.8) is 0 Å². The van der Waals surface area contributed by atoms with Crippen LogP contribution in [0.5, 0.6) is 0 Å². The molecule has 0 spiro atoms. The van der Waals surface area contributed by atoms with Gasteiger partial charge in [0.1, 0.15) is 0 Å². The van der Waals surface area contributed by atoms with Crippen LogP contribution in [0.25, 0.3) is 10.9 Å². The number of hydrogen-bond donors (Lipinski definition) is 2. The number of hydrogen-bond acceptors (Lipinski definition) is 1. The summed E-state index contributed by atoms with van der Waals surface area (Å²) in [6, 6.07) is 8.28. The molecule has 1 aromatic carbocycles. The molecule has 0 aliphatic heterocycles. The maximum Gasteiger partial charge on any atom is 0.224 e. The minimum atomic E-state index is 0.0855. The van der Waals surface area contributed by atoms with Crippen LogP contribution in [0.4, 0.5) is 0 Å². The van der Waals surface area contributed by atoms with E-state index in [1.807, 2.05) is 12.3 Å². The lowest BCUT2D eigenvalue weighted by molar-refractivity contribution is -0.123. The summed E-state index contributed by atoms with van der Waals surface area (Å²) in [5.74, 6) is 0.679. The molecular formula is C20H26N2O. The van der Waals surface area contributed by atoms with Gasteiger partial charge in [-0.25, -0.2) is 0 Å². The first-order valence-electron chi connectivity index (χ1n) is 8.39. The summed E-state index contributed by atoms with van der Waals surface area (Å²) in [5.41, 5.74) is 3.79. The molecule has 0 unspecified atom stereocenters. The highest BCUT2D eigenvalue weighted by atomic mass is 16.2. The van der Waals surface area contributed by atoms with E-state index in [1.165, 1.54) is 16.5 Å². The minimum absolute atomic E-state index is 0.0855. The Hall–Kier alpha value is -2.03. The van der Waals surface area contributed by atoms with Crippen molar-refractivity contribution < 1.29 is 4.79 Å². The number of carbonyl (C=O) groups is 1. The van der Waals surface area contributed by atoms with Crippen molar-refractivity contribution in [2.75, 3.05) is 6.54 Å². The second-order valence-electron chi connectivity index (χ2n) is 7.47. The third-order valence-electron chi connectivity index (χ3n) is 5.07. The monoisotopic (exact) mass is 310 g/mol. The third kappa shape index (κ3) is 3.05. The molecule has 3 nitrogen and oxygen atoms in total. The van der Waals surface area contributed by atoms with Gasteiger partial charge in [0.25, 0.3) is 0 Å². The van der Waals surface area contributed by atoms with E-state index in [9.17, 15) is 4.79 Å². The highest BCUT2D eigenvalue weighted by molar-refractivity contribution is 5.84. The van der Waals surface area contributed by atoms with Gasteiger partial charge in [0.05, 0.1) is 5.92 Å². The fourth-order valence-electron chi connectivity index (χ4n) is 3.62. The van der Waals surface area contributed by atoms with Gasteiger partial charge < -0.3 is 10.3 Å². The number of aromatic nitrogens is 1. The lowest BCUT2D eigenvalue weighted by atomic mass is 10.1. The van der Waals surface area contributed by atoms with Gasteiger partial charge in [-0.1, -0.05) is 43.7 Å². The Bertz CT molecular complexity index is 750. The smallest absolute Gasteiger partial charge is 0.224 e. The zero-order valence-electron chi connectivity index (χ0n) is 14.4. The van der Waals surface area contributed by atoms with E-state index < -0.39 is 0 Å². The van der Waals surface area contributed by atoms with E-state index in [0.717, 1.165) is 11.9 Å². The maximum absolute atomic E-state index is 12.5. The summed E-state index contributed by atoms with van der Waals surface area (Å²) in [6.45, 7) is 9.25. The van der Waals surface area contributed by atoms with Crippen LogP contribution in [0, 0.1) is 17.3 Å². The quantitative estimate of drug-likeness (QED) is 0.804. The van der Waals surface area contributed by atoms with E-state index in [1.54, 1.807) is 0 Å². The Morgan fingerprint density at radius 2 is 2.04 bits per heavy atom. The molecule has 0 radical (unpaired) electrons. The average molecular weight is 310 g/mol.